The number of halogens is 1. The second kappa shape index (κ2) is 11.0. The summed E-state index contributed by atoms with van der Waals surface area (Å²) in [7, 11) is 5.61. The first-order valence-corrected chi connectivity index (χ1v) is 9.19. The maximum atomic E-state index is 13.3. The van der Waals surface area contributed by atoms with Crippen LogP contribution in [-0.4, -0.2) is 51.0 Å². The number of guanidine groups is 1. The van der Waals surface area contributed by atoms with Crippen molar-refractivity contribution in [1.29, 1.82) is 0 Å². The van der Waals surface area contributed by atoms with Crippen LogP contribution in [0.3, 0.4) is 0 Å². The Morgan fingerprint density at radius 3 is 2.25 bits per heavy atom. The van der Waals surface area contributed by atoms with Crippen LogP contribution in [0.2, 0.25) is 0 Å². The Bertz CT molecular complexity index is 807. The van der Waals surface area contributed by atoms with Crippen molar-refractivity contribution in [2.75, 3.05) is 34.2 Å². The molecule has 0 atom stereocenters. The van der Waals surface area contributed by atoms with E-state index in [4.69, 9.17) is 0 Å². The second-order valence-corrected chi connectivity index (χ2v) is 6.67. The zero-order valence-corrected chi connectivity index (χ0v) is 16.6. The van der Waals surface area contributed by atoms with Gasteiger partial charge in [-0.2, -0.15) is 0 Å². The van der Waals surface area contributed by atoms with Gasteiger partial charge in [0.05, 0.1) is 0 Å². The Balaban J connectivity index is 1.86. The minimum atomic E-state index is -0.261. The molecule has 0 aliphatic heterocycles. The zero-order valence-electron chi connectivity index (χ0n) is 16.6. The average molecular weight is 385 g/mol. The van der Waals surface area contributed by atoms with Gasteiger partial charge in [-0.1, -0.05) is 24.3 Å². The maximum absolute atomic E-state index is 13.3. The maximum Gasteiger partial charge on any atom is 0.251 e. The topological polar surface area (TPSA) is 68.8 Å². The molecule has 0 heterocycles. The van der Waals surface area contributed by atoms with Gasteiger partial charge in [-0.3, -0.25) is 9.79 Å². The lowest BCUT2D eigenvalue weighted by molar-refractivity contribution is 0.0951. The third-order valence-electron chi connectivity index (χ3n) is 4.07. The third kappa shape index (κ3) is 7.36. The van der Waals surface area contributed by atoms with E-state index in [0.29, 0.717) is 31.2 Å². The van der Waals surface area contributed by atoms with Gasteiger partial charge < -0.3 is 20.9 Å². The van der Waals surface area contributed by atoms with Crippen LogP contribution < -0.4 is 16.0 Å². The van der Waals surface area contributed by atoms with Crippen molar-refractivity contribution in [3.63, 3.8) is 0 Å². The highest BCUT2D eigenvalue weighted by Gasteiger charge is 2.06. The summed E-state index contributed by atoms with van der Waals surface area (Å²) in [6, 6.07) is 13.9. The van der Waals surface area contributed by atoms with Gasteiger partial charge in [-0.15, -0.1) is 0 Å². The van der Waals surface area contributed by atoms with Gasteiger partial charge in [0, 0.05) is 38.8 Å². The highest BCUT2D eigenvalue weighted by Crippen LogP contribution is 2.06. The molecule has 3 N–H and O–H groups in total. The highest BCUT2D eigenvalue weighted by atomic mass is 19.1. The van der Waals surface area contributed by atoms with E-state index in [1.165, 1.54) is 12.1 Å². The van der Waals surface area contributed by atoms with Crippen LogP contribution in [-0.2, 0) is 13.1 Å². The van der Waals surface area contributed by atoms with Crippen molar-refractivity contribution >= 4 is 11.9 Å². The average Bonchev–Trinajstić information content (AvgIpc) is 2.68. The van der Waals surface area contributed by atoms with Crippen molar-refractivity contribution in [2.45, 2.75) is 13.1 Å². The minimum absolute atomic E-state index is 0.0858. The molecule has 0 saturated heterocycles. The van der Waals surface area contributed by atoms with Crippen LogP contribution in [0.4, 0.5) is 4.39 Å². The first-order valence-electron chi connectivity index (χ1n) is 9.19. The smallest absolute Gasteiger partial charge is 0.251 e. The van der Waals surface area contributed by atoms with Gasteiger partial charge in [0.1, 0.15) is 5.82 Å². The van der Waals surface area contributed by atoms with Gasteiger partial charge in [0.2, 0.25) is 0 Å². The molecule has 7 heteroatoms. The molecule has 0 aliphatic rings. The van der Waals surface area contributed by atoms with E-state index in [2.05, 4.69) is 20.9 Å². The van der Waals surface area contributed by atoms with Gasteiger partial charge in [-0.05, 0) is 49.5 Å². The number of nitrogens with one attached hydrogen (secondary N) is 3. The normalized spacial score (nSPS) is 11.4. The molecule has 28 heavy (non-hydrogen) atoms. The lowest BCUT2D eigenvalue weighted by Gasteiger charge is -2.13. The van der Waals surface area contributed by atoms with E-state index in [0.717, 1.165) is 17.7 Å². The highest BCUT2D eigenvalue weighted by molar-refractivity contribution is 5.94. The summed E-state index contributed by atoms with van der Waals surface area (Å²) in [5.41, 5.74) is 2.43. The quantitative estimate of drug-likeness (QED) is 0.480. The fraction of sp³-hybridized carbons (Fsp3) is 0.333. The Morgan fingerprint density at radius 2 is 1.64 bits per heavy atom. The number of amides is 1. The number of carbonyl (C=O) groups excluding carboxylic acids is 1. The molecule has 1 amide bonds. The van der Waals surface area contributed by atoms with Gasteiger partial charge in [0.15, 0.2) is 5.96 Å². The molecular formula is C21H28FN5O. The fourth-order valence-corrected chi connectivity index (χ4v) is 2.56. The van der Waals surface area contributed by atoms with Crippen molar-refractivity contribution < 1.29 is 9.18 Å². The Morgan fingerprint density at radius 1 is 1.00 bits per heavy atom. The molecule has 0 aliphatic carbocycles. The van der Waals surface area contributed by atoms with E-state index in [-0.39, 0.29) is 11.7 Å². The largest absolute Gasteiger partial charge is 0.352 e. The van der Waals surface area contributed by atoms with E-state index in [1.807, 2.05) is 43.3 Å². The first kappa shape index (κ1) is 21.4. The predicted molar refractivity (Wildman–Crippen MR) is 111 cm³/mol. The lowest BCUT2D eigenvalue weighted by atomic mass is 10.1. The summed E-state index contributed by atoms with van der Waals surface area (Å²) >= 11 is 0. The lowest BCUT2D eigenvalue weighted by Crippen LogP contribution is -2.36. The van der Waals surface area contributed by atoms with Crippen molar-refractivity contribution in [3.8, 4) is 0 Å². The van der Waals surface area contributed by atoms with Crippen LogP contribution in [0.5, 0.6) is 0 Å². The molecule has 150 valence electrons. The number of hydrogen-bond donors (Lipinski definition) is 3. The summed E-state index contributed by atoms with van der Waals surface area (Å²) in [6.45, 7) is 2.37. The number of rotatable bonds is 8. The number of benzene rings is 2. The fourth-order valence-electron chi connectivity index (χ4n) is 2.56. The molecular weight excluding hydrogens is 357 g/mol. The van der Waals surface area contributed by atoms with Crippen LogP contribution in [0.25, 0.3) is 0 Å². The van der Waals surface area contributed by atoms with Crippen LogP contribution >= 0.6 is 0 Å². The molecule has 0 unspecified atom stereocenters. The monoisotopic (exact) mass is 385 g/mol. The number of carbonyl (C=O) groups is 1. The SMILES string of the molecule is CN=C(NCc1cccc(F)c1)NCc1cccc(C(=O)NCCN(C)C)c1. The second-order valence-electron chi connectivity index (χ2n) is 6.67. The van der Waals surface area contributed by atoms with E-state index in [9.17, 15) is 9.18 Å². The number of hydrogen-bond acceptors (Lipinski definition) is 3. The van der Waals surface area contributed by atoms with Gasteiger partial charge in [-0.25, -0.2) is 4.39 Å². The molecule has 0 radical (unpaired) electrons. The van der Waals surface area contributed by atoms with Gasteiger partial charge in [0.25, 0.3) is 5.91 Å². The molecule has 0 spiro atoms. The summed E-state index contributed by atoms with van der Waals surface area (Å²) in [5.74, 6) is 0.255. The number of nitrogens with zero attached hydrogens (tertiary/aromatic N) is 2. The molecule has 2 aromatic rings. The zero-order chi connectivity index (χ0) is 20.4. The Labute approximate surface area is 165 Å². The minimum Gasteiger partial charge on any atom is -0.352 e. The molecule has 2 rings (SSSR count). The van der Waals surface area contributed by atoms with Crippen LogP contribution in [0.1, 0.15) is 21.5 Å². The van der Waals surface area contributed by atoms with E-state index < -0.39 is 0 Å². The standard InChI is InChI=1S/C21H28FN5O/c1-23-21(26-15-17-7-5-9-19(22)13-17)25-14-16-6-4-8-18(12-16)20(28)24-10-11-27(2)3/h4-9,12-13H,10-11,14-15H2,1-3H3,(H,24,28)(H2,23,25,26). The van der Waals surface area contributed by atoms with Crippen molar-refractivity contribution in [1.82, 2.24) is 20.9 Å². The molecule has 0 aromatic heterocycles. The van der Waals surface area contributed by atoms with Crippen molar-refractivity contribution in [2.24, 2.45) is 4.99 Å². The van der Waals surface area contributed by atoms with Crippen LogP contribution in [0, 0.1) is 5.82 Å². The number of likely N-dealkylation sites (N-methyl/N-ethyl adjacent to an activating group) is 1. The van der Waals surface area contributed by atoms with Crippen molar-refractivity contribution in [3.05, 3.63) is 71.0 Å². The first-order chi connectivity index (χ1) is 13.5. The molecule has 0 saturated carbocycles. The summed E-state index contributed by atoms with van der Waals surface area (Å²) in [4.78, 5) is 18.4. The predicted octanol–water partition coefficient (Wildman–Crippen LogP) is 1.98. The number of aliphatic imine (C=N–C) groups is 1. The van der Waals surface area contributed by atoms with Crippen LogP contribution in [0.15, 0.2) is 53.5 Å². The summed E-state index contributed by atoms with van der Waals surface area (Å²) in [5, 5.41) is 9.26. The van der Waals surface area contributed by atoms with E-state index >= 15 is 0 Å². The summed E-state index contributed by atoms with van der Waals surface area (Å²) in [6.07, 6.45) is 0. The van der Waals surface area contributed by atoms with E-state index in [1.54, 1.807) is 19.2 Å². The Kier molecular flexibility index (Phi) is 8.42. The third-order valence-corrected chi connectivity index (χ3v) is 4.07. The molecule has 0 fully saturated rings. The molecule has 0 bridgehead atoms. The Hall–Kier alpha value is -2.93. The van der Waals surface area contributed by atoms with Gasteiger partial charge >= 0.3 is 0 Å². The molecule has 6 nitrogen and oxygen atoms in total. The molecule has 2 aromatic carbocycles. The summed E-state index contributed by atoms with van der Waals surface area (Å²) < 4.78 is 13.3.